The highest BCUT2D eigenvalue weighted by atomic mass is 16.5. The van der Waals surface area contributed by atoms with Gasteiger partial charge in [0.15, 0.2) is 0 Å². The first-order valence-corrected chi connectivity index (χ1v) is 8.57. The number of para-hydroxylation sites is 1. The zero-order chi connectivity index (χ0) is 18.9. The summed E-state index contributed by atoms with van der Waals surface area (Å²) < 4.78 is 16.9. The lowest BCUT2D eigenvalue weighted by Crippen LogP contribution is -2.10. The third-order valence-electron chi connectivity index (χ3n) is 3.99. The topological polar surface area (TPSA) is 60.3 Å². The highest BCUT2D eigenvalue weighted by Crippen LogP contribution is 2.29. The van der Waals surface area contributed by atoms with Gasteiger partial charge >= 0.3 is 0 Å². The molecule has 0 amide bonds. The summed E-state index contributed by atoms with van der Waals surface area (Å²) in [6.45, 7) is 0.708. The number of nitrogens with zero attached hydrogens (tertiary/aromatic N) is 1. The summed E-state index contributed by atoms with van der Waals surface area (Å²) in [7, 11) is 1.59. The Hall–Kier alpha value is -3.47. The molecule has 3 rings (SSSR count). The lowest BCUT2D eigenvalue weighted by molar-refractivity contribution is 0.217. The normalized spacial score (nSPS) is 10.7. The van der Waals surface area contributed by atoms with Gasteiger partial charge in [0.2, 0.25) is 0 Å². The first-order valence-electron chi connectivity index (χ1n) is 8.57. The van der Waals surface area contributed by atoms with Crippen LogP contribution in [0.5, 0.6) is 17.2 Å². The van der Waals surface area contributed by atoms with Gasteiger partial charge in [-0.05, 0) is 23.8 Å². The number of hydrogen-bond donors (Lipinski definition) is 1. The van der Waals surface area contributed by atoms with Crippen molar-refractivity contribution >= 4 is 6.21 Å². The van der Waals surface area contributed by atoms with Crippen molar-refractivity contribution in [2.75, 3.05) is 20.3 Å². The number of methoxy groups -OCH3 is 1. The van der Waals surface area contributed by atoms with E-state index in [4.69, 9.17) is 19.4 Å². The Morgan fingerprint density at radius 1 is 0.852 bits per heavy atom. The maximum atomic E-state index is 8.79. The molecule has 0 spiro atoms. The van der Waals surface area contributed by atoms with Crippen molar-refractivity contribution in [2.45, 2.75) is 0 Å². The van der Waals surface area contributed by atoms with E-state index in [1.165, 1.54) is 6.21 Å². The molecule has 0 atom stereocenters. The Morgan fingerprint density at radius 2 is 1.56 bits per heavy atom. The highest BCUT2D eigenvalue weighted by molar-refractivity contribution is 5.83. The summed E-state index contributed by atoms with van der Waals surface area (Å²) in [5, 5.41) is 11.9. The van der Waals surface area contributed by atoms with E-state index in [-0.39, 0.29) is 0 Å². The van der Waals surface area contributed by atoms with Crippen LogP contribution in [0, 0.1) is 0 Å². The molecule has 0 aromatic heterocycles. The van der Waals surface area contributed by atoms with Crippen LogP contribution in [0.1, 0.15) is 5.56 Å². The van der Waals surface area contributed by atoms with E-state index in [9.17, 15) is 0 Å². The molecular formula is C22H21NO4. The predicted octanol–water partition coefficient (Wildman–Crippen LogP) is 4.63. The maximum Gasteiger partial charge on any atom is 0.132 e. The second kappa shape index (κ2) is 9.29. The second-order valence-corrected chi connectivity index (χ2v) is 5.71. The van der Waals surface area contributed by atoms with Gasteiger partial charge < -0.3 is 19.4 Å². The number of oxime groups is 1. The van der Waals surface area contributed by atoms with E-state index >= 15 is 0 Å². The molecule has 0 aliphatic rings. The van der Waals surface area contributed by atoms with Crippen molar-refractivity contribution in [3.05, 3.63) is 78.4 Å². The minimum Gasteiger partial charge on any atom is -0.497 e. The number of ether oxygens (including phenoxy) is 3. The fourth-order valence-corrected chi connectivity index (χ4v) is 2.69. The van der Waals surface area contributed by atoms with E-state index in [0.717, 1.165) is 16.9 Å². The fourth-order valence-electron chi connectivity index (χ4n) is 2.69. The average molecular weight is 363 g/mol. The number of rotatable bonds is 8. The van der Waals surface area contributed by atoms with Crippen LogP contribution in [0.3, 0.4) is 0 Å². The third-order valence-corrected chi connectivity index (χ3v) is 3.99. The standard InChI is InChI=1S/C22H21NO4/c1-25-19-12-11-18(16-23-24)22(15-19)27-14-13-26-21-10-6-5-9-20(21)17-7-3-2-4-8-17/h2-12,15-16,24H,13-14H2,1H3. The summed E-state index contributed by atoms with van der Waals surface area (Å²) >= 11 is 0. The van der Waals surface area contributed by atoms with Crippen molar-refractivity contribution in [2.24, 2.45) is 5.16 Å². The van der Waals surface area contributed by atoms with Gasteiger partial charge in [-0.1, -0.05) is 53.7 Å². The SMILES string of the molecule is COc1ccc(C=NO)c(OCCOc2ccccc2-c2ccccc2)c1. The van der Waals surface area contributed by atoms with Crippen LogP contribution in [-0.2, 0) is 0 Å². The summed E-state index contributed by atoms with van der Waals surface area (Å²) in [5.74, 6) is 2.03. The fraction of sp³-hybridized carbons (Fsp3) is 0.136. The molecule has 0 heterocycles. The van der Waals surface area contributed by atoms with Crippen LogP contribution < -0.4 is 14.2 Å². The van der Waals surface area contributed by atoms with Crippen LogP contribution in [0.25, 0.3) is 11.1 Å². The molecule has 3 aromatic rings. The van der Waals surface area contributed by atoms with Crippen LogP contribution in [-0.4, -0.2) is 31.7 Å². The molecule has 0 aliphatic carbocycles. The van der Waals surface area contributed by atoms with Gasteiger partial charge in [0.25, 0.3) is 0 Å². The molecule has 0 saturated carbocycles. The smallest absolute Gasteiger partial charge is 0.132 e. The summed E-state index contributed by atoms with van der Waals surface area (Å²) in [6.07, 6.45) is 1.32. The third kappa shape index (κ3) is 4.79. The van der Waals surface area contributed by atoms with E-state index in [1.54, 1.807) is 25.3 Å². The van der Waals surface area contributed by atoms with Gasteiger partial charge in [0, 0.05) is 17.2 Å². The van der Waals surface area contributed by atoms with Gasteiger partial charge in [0.1, 0.15) is 30.5 Å². The average Bonchev–Trinajstić information content (AvgIpc) is 2.73. The molecule has 5 nitrogen and oxygen atoms in total. The van der Waals surface area contributed by atoms with Crippen molar-refractivity contribution in [1.82, 2.24) is 0 Å². The van der Waals surface area contributed by atoms with Crippen LogP contribution in [0.15, 0.2) is 78.0 Å². The van der Waals surface area contributed by atoms with Crippen molar-refractivity contribution in [1.29, 1.82) is 0 Å². The zero-order valence-corrected chi connectivity index (χ0v) is 15.0. The van der Waals surface area contributed by atoms with Crippen molar-refractivity contribution in [3.63, 3.8) is 0 Å². The van der Waals surface area contributed by atoms with E-state index in [2.05, 4.69) is 17.3 Å². The summed E-state index contributed by atoms with van der Waals surface area (Å²) in [6, 6.07) is 23.3. The molecule has 5 heteroatoms. The summed E-state index contributed by atoms with van der Waals surface area (Å²) in [4.78, 5) is 0. The van der Waals surface area contributed by atoms with Gasteiger partial charge in [-0.3, -0.25) is 0 Å². The molecule has 0 aliphatic heterocycles. The lowest BCUT2D eigenvalue weighted by Gasteiger charge is -2.13. The van der Waals surface area contributed by atoms with Gasteiger partial charge in [-0.2, -0.15) is 0 Å². The number of hydrogen-bond acceptors (Lipinski definition) is 5. The van der Waals surface area contributed by atoms with Crippen molar-refractivity contribution in [3.8, 4) is 28.4 Å². The minimum atomic E-state index is 0.336. The Morgan fingerprint density at radius 3 is 2.30 bits per heavy atom. The first kappa shape index (κ1) is 18.3. The highest BCUT2D eigenvalue weighted by Gasteiger charge is 2.07. The molecule has 27 heavy (non-hydrogen) atoms. The lowest BCUT2D eigenvalue weighted by atomic mass is 10.1. The largest absolute Gasteiger partial charge is 0.497 e. The quantitative estimate of drug-likeness (QED) is 0.274. The zero-order valence-electron chi connectivity index (χ0n) is 15.0. The first-order chi connectivity index (χ1) is 13.3. The summed E-state index contributed by atoms with van der Waals surface area (Å²) in [5.41, 5.74) is 2.79. The maximum absolute atomic E-state index is 8.79. The van der Waals surface area contributed by atoms with Crippen LogP contribution >= 0.6 is 0 Å². The molecule has 3 aromatic carbocycles. The Bertz CT molecular complexity index is 894. The molecule has 0 bridgehead atoms. The molecule has 138 valence electrons. The Balaban J connectivity index is 1.65. The van der Waals surface area contributed by atoms with E-state index in [1.807, 2.05) is 42.5 Å². The van der Waals surface area contributed by atoms with Gasteiger partial charge in [-0.25, -0.2) is 0 Å². The monoisotopic (exact) mass is 363 g/mol. The van der Waals surface area contributed by atoms with Gasteiger partial charge in [-0.15, -0.1) is 0 Å². The molecular weight excluding hydrogens is 342 g/mol. The molecule has 0 saturated heterocycles. The molecule has 0 radical (unpaired) electrons. The van der Waals surface area contributed by atoms with Gasteiger partial charge in [0.05, 0.1) is 13.3 Å². The predicted molar refractivity (Wildman–Crippen MR) is 105 cm³/mol. The van der Waals surface area contributed by atoms with E-state index < -0.39 is 0 Å². The molecule has 1 N–H and O–H groups in total. The Labute approximate surface area is 158 Å². The van der Waals surface area contributed by atoms with Crippen molar-refractivity contribution < 1.29 is 19.4 Å². The molecule has 0 unspecified atom stereocenters. The Kier molecular flexibility index (Phi) is 6.30. The molecule has 0 fully saturated rings. The van der Waals surface area contributed by atoms with Crippen LogP contribution in [0.2, 0.25) is 0 Å². The van der Waals surface area contributed by atoms with Crippen LogP contribution in [0.4, 0.5) is 0 Å². The van der Waals surface area contributed by atoms with E-state index in [0.29, 0.717) is 30.3 Å². The minimum absolute atomic E-state index is 0.336. The number of benzene rings is 3. The second-order valence-electron chi connectivity index (χ2n) is 5.71.